The second-order valence-electron chi connectivity index (χ2n) is 5.52. The average Bonchev–Trinajstić information content (AvgIpc) is 3.04. The van der Waals surface area contributed by atoms with Crippen LogP contribution in [0.5, 0.6) is 0 Å². The van der Waals surface area contributed by atoms with E-state index >= 15 is 0 Å². The van der Waals surface area contributed by atoms with Crippen LogP contribution in [-0.2, 0) is 13.0 Å². The van der Waals surface area contributed by atoms with E-state index in [0.29, 0.717) is 12.2 Å². The molecule has 2 heterocycles. The summed E-state index contributed by atoms with van der Waals surface area (Å²) in [6.45, 7) is 3.78. The number of amides is 2. The van der Waals surface area contributed by atoms with Crippen molar-refractivity contribution < 1.29 is 4.79 Å². The van der Waals surface area contributed by atoms with Crippen LogP contribution in [0.15, 0.2) is 36.7 Å². The second-order valence-corrected chi connectivity index (χ2v) is 5.52. The summed E-state index contributed by atoms with van der Waals surface area (Å²) in [5.74, 6) is 0. The van der Waals surface area contributed by atoms with Crippen LogP contribution in [0.2, 0.25) is 0 Å². The zero-order chi connectivity index (χ0) is 15.2. The minimum Gasteiger partial charge on any atom is -0.338 e. The van der Waals surface area contributed by atoms with Gasteiger partial charge in [-0.3, -0.25) is 10.00 Å². The van der Waals surface area contributed by atoms with Crippen LogP contribution in [0.1, 0.15) is 17.5 Å². The molecule has 0 saturated carbocycles. The summed E-state index contributed by atoms with van der Waals surface area (Å²) in [6.07, 6.45) is 5.28. The first-order valence-corrected chi connectivity index (χ1v) is 7.64. The van der Waals surface area contributed by atoms with E-state index in [-0.39, 0.29) is 6.03 Å². The topological polar surface area (TPSA) is 73.1 Å². The van der Waals surface area contributed by atoms with Crippen molar-refractivity contribution in [3.63, 3.8) is 0 Å². The molecule has 1 aliphatic rings. The Morgan fingerprint density at radius 2 is 2.18 bits per heavy atom. The number of benzene rings is 1. The maximum atomic E-state index is 11.6. The van der Waals surface area contributed by atoms with Gasteiger partial charge in [0.25, 0.3) is 0 Å². The maximum absolute atomic E-state index is 11.6. The lowest BCUT2D eigenvalue weighted by Gasteiger charge is -2.28. The van der Waals surface area contributed by atoms with E-state index < -0.39 is 0 Å². The van der Waals surface area contributed by atoms with Gasteiger partial charge in [0.1, 0.15) is 0 Å². The van der Waals surface area contributed by atoms with E-state index in [2.05, 4.69) is 50.0 Å². The Balaban J connectivity index is 1.35. The predicted octanol–water partition coefficient (Wildman–Crippen LogP) is 1.98. The van der Waals surface area contributed by atoms with E-state index in [4.69, 9.17) is 0 Å². The third-order valence-electron chi connectivity index (χ3n) is 3.90. The van der Waals surface area contributed by atoms with Gasteiger partial charge in [0.15, 0.2) is 0 Å². The molecule has 1 aromatic heterocycles. The summed E-state index contributed by atoms with van der Waals surface area (Å²) < 4.78 is 0. The minimum absolute atomic E-state index is 0.189. The van der Waals surface area contributed by atoms with E-state index in [0.717, 1.165) is 32.5 Å². The van der Waals surface area contributed by atoms with Crippen molar-refractivity contribution in [2.24, 2.45) is 0 Å². The zero-order valence-corrected chi connectivity index (χ0v) is 12.5. The van der Waals surface area contributed by atoms with Crippen LogP contribution in [0.3, 0.4) is 0 Å². The molecule has 0 unspecified atom stereocenters. The van der Waals surface area contributed by atoms with Crippen LogP contribution < -0.4 is 10.6 Å². The monoisotopic (exact) mass is 299 g/mol. The van der Waals surface area contributed by atoms with Crippen molar-refractivity contribution in [1.29, 1.82) is 0 Å². The van der Waals surface area contributed by atoms with E-state index in [1.807, 2.05) is 0 Å². The zero-order valence-electron chi connectivity index (χ0n) is 12.5. The number of anilines is 1. The molecule has 0 spiro atoms. The van der Waals surface area contributed by atoms with Gasteiger partial charge < -0.3 is 10.6 Å². The molecule has 116 valence electrons. The number of fused-ring (bicyclic) bond motifs is 1. The number of carbonyl (C=O) groups is 1. The molecule has 0 atom stereocenters. The molecule has 22 heavy (non-hydrogen) atoms. The average molecular weight is 299 g/mol. The summed E-state index contributed by atoms with van der Waals surface area (Å²) in [7, 11) is 0. The Kier molecular flexibility index (Phi) is 4.70. The molecular formula is C16H21N5O. The molecule has 0 radical (unpaired) electrons. The summed E-state index contributed by atoms with van der Waals surface area (Å²) >= 11 is 0. The van der Waals surface area contributed by atoms with Crippen LogP contribution in [-0.4, -0.2) is 40.8 Å². The number of carbonyl (C=O) groups excluding carboxylic acids is 1. The number of aromatic nitrogens is 2. The number of aromatic amines is 1. The number of nitrogens with one attached hydrogen (secondary N) is 3. The predicted molar refractivity (Wildman–Crippen MR) is 85.6 cm³/mol. The normalized spacial score (nSPS) is 14.4. The highest BCUT2D eigenvalue weighted by Crippen LogP contribution is 2.18. The Labute approximate surface area is 129 Å². The highest BCUT2D eigenvalue weighted by Gasteiger charge is 2.14. The van der Waals surface area contributed by atoms with E-state index in [9.17, 15) is 4.79 Å². The first-order valence-electron chi connectivity index (χ1n) is 7.64. The number of urea groups is 1. The van der Waals surface area contributed by atoms with Crippen molar-refractivity contribution in [3.05, 3.63) is 47.8 Å². The Morgan fingerprint density at radius 3 is 3.00 bits per heavy atom. The molecule has 2 aromatic rings. The number of hydrogen-bond donors (Lipinski definition) is 3. The molecule has 0 fully saturated rings. The first kappa shape index (κ1) is 14.6. The summed E-state index contributed by atoms with van der Waals surface area (Å²) in [4.78, 5) is 14.1. The molecule has 0 saturated heterocycles. The fourth-order valence-electron chi connectivity index (χ4n) is 2.74. The van der Waals surface area contributed by atoms with Crippen molar-refractivity contribution in [2.75, 3.05) is 25.0 Å². The van der Waals surface area contributed by atoms with Gasteiger partial charge in [-0.2, -0.15) is 5.10 Å². The first-order chi connectivity index (χ1) is 10.8. The molecule has 6 nitrogen and oxygen atoms in total. The molecular weight excluding hydrogens is 278 g/mol. The van der Waals surface area contributed by atoms with Crippen molar-refractivity contribution in [2.45, 2.75) is 19.4 Å². The van der Waals surface area contributed by atoms with Crippen LogP contribution in [0.4, 0.5) is 10.5 Å². The molecule has 0 bridgehead atoms. The largest absolute Gasteiger partial charge is 0.338 e. The fraction of sp³-hybridized carbons (Fsp3) is 0.375. The Morgan fingerprint density at radius 1 is 1.32 bits per heavy atom. The minimum atomic E-state index is -0.189. The third-order valence-corrected chi connectivity index (χ3v) is 3.90. The number of hydrogen-bond acceptors (Lipinski definition) is 3. The van der Waals surface area contributed by atoms with Gasteiger partial charge >= 0.3 is 6.03 Å². The lowest BCUT2D eigenvalue weighted by molar-refractivity contribution is 0.242. The molecule has 3 N–H and O–H groups in total. The summed E-state index contributed by atoms with van der Waals surface area (Å²) in [5, 5.41) is 12.0. The van der Waals surface area contributed by atoms with Crippen molar-refractivity contribution >= 4 is 11.7 Å². The van der Waals surface area contributed by atoms with Crippen molar-refractivity contribution in [1.82, 2.24) is 20.4 Å². The Bertz CT molecular complexity index is 611. The summed E-state index contributed by atoms with van der Waals surface area (Å²) in [5.41, 5.74) is 3.57. The van der Waals surface area contributed by atoms with Gasteiger partial charge in [0.2, 0.25) is 0 Å². The van der Waals surface area contributed by atoms with Crippen LogP contribution >= 0.6 is 0 Å². The number of H-pyrrole nitrogens is 1. The molecule has 2 amide bonds. The quantitative estimate of drug-likeness (QED) is 0.739. The number of nitrogens with zero attached hydrogens (tertiary/aromatic N) is 2. The molecule has 1 aromatic carbocycles. The third kappa shape index (κ3) is 3.85. The highest BCUT2D eigenvalue weighted by atomic mass is 16.2. The standard InChI is InChI=1S/C16H21N5O/c22-16(20-15-10-18-19-11-15)17-7-3-8-21-9-6-13-4-1-2-5-14(13)12-21/h1-2,4-5,10-11H,3,6-9,12H2,(H,18,19)(H2,17,20,22). The SMILES string of the molecule is O=C(NCCCN1CCc2ccccc2C1)Nc1cn[nH]c1. The van der Waals surface area contributed by atoms with Crippen LogP contribution in [0, 0.1) is 0 Å². The highest BCUT2D eigenvalue weighted by molar-refractivity contribution is 5.88. The van der Waals surface area contributed by atoms with Crippen molar-refractivity contribution in [3.8, 4) is 0 Å². The van der Waals surface area contributed by atoms with E-state index in [1.165, 1.54) is 11.1 Å². The Hall–Kier alpha value is -2.34. The maximum Gasteiger partial charge on any atom is 0.319 e. The van der Waals surface area contributed by atoms with Crippen LogP contribution in [0.25, 0.3) is 0 Å². The van der Waals surface area contributed by atoms with Gasteiger partial charge in [-0.1, -0.05) is 24.3 Å². The van der Waals surface area contributed by atoms with Gasteiger partial charge in [-0.05, 0) is 24.0 Å². The van der Waals surface area contributed by atoms with Gasteiger partial charge in [0, 0.05) is 32.4 Å². The molecule has 0 aliphatic carbocycles. The fourth-order valence-corrected chi connectivity index (χ4v) is 2.74. The second kappa shape index (κ2) is 7.09. The van der Waals surface area contributed by atoms with Gasteiger partial charge in [-0.25, -0.2) is 4.79 Å². The molecule has 3 rings (SSSR count). The molecule has 6 heteroatoms. The van der Waals surface area contributed by atoms with Gasteiger partial charge in [-0.15, -0.1) is 0 Å². The summed E-state index contributed by atoms with van der Waals surface area (Å²) in [6, 6.07) is 8.44. The molecule has 1 aliphatic heterocycles. The smallest absolute Gasteiger partial charge is 0.319 e. The lowest BCUT2D eigenvalue weighted by atomic mass is 10.00. The van der Waals surface area contributed by atoms with E-state index in [1.54, 1.807) is 12.4 Å². The van der Waals surface area contributed by atoms with Gasteiger partial charge in [0.05, 0.1) is 11.9 Å². The number of rotatable bonds is 5. The lowest BCUT2D eigenvalue weighted by Crippen LogP contribution is -2.34.